The predicted molar refractivity (Wildman–Crippen MR) is 112 cm³/mol. The van der Waals surface area contributed by atoms with Gasteiger partial charge < -0.3 is 10.6 Å². The van der Waals surface area contributed by atoms with Crippen LogP contribution in [0.4, 0.5) is 5.82 Å². The fourth-order valence-electron chi connectivity index (χ4n) is 3.46. The number of piperidine rings is 1. The van der Waals surface area contributed by atoms with Gasteiger partial charge in [0.1, 0.15) is 5.82 Å². The summed E-state index contributed by atoms with van der Waals surface area (Å²) in [7, 11) is 0. The number of hydrogen-bond donors (Lipinski definition) is 2. The van der Waals surface area contributed by atoms with Crippen molar-refractivity contribution in [3.8, 4) is 22.6 Å². The number of nitrogens with one attached hydrogen (secondary N) is 2. The molecule has 4 heteroatoms. The summed E-state index contributed by atoms with van der Waals surface area (Å²) in [5, 5.41) is 6.99. The highest BCUT2D eigenvalue weighted by Crippen LogP contribution is 2.25. The van der Waals surface area contributed by atoms with Crippen molar-refractivity contribution in [1.82, 2.24) is 15.3 Å². The number of rotatable bonds is 5. The molecule has 27 heavy (non-hydrogen) atoms. The molecule has 0 unspecified atom stereocenters. The first-order valence-corrected chi connectivity index (χ1v) is 9.74. The van der Waals surface area contributed by atoms with Gasteiger partial charge >= 0.3 is 0 Å². The molecule has 0 atom stereocenters. The molecule has 0 spiro atoms. The van der Waals surface area contributed by atoms with E-state index in [4.69, 9.17) is 9.97 Å². The monoisotopic (exact) mass is 358 g/mol. The Balaban J connectivity index is 1.64. The van der Waals surface area contributed by atoms with E-state index in [9.17, 15) is 0 Å². The van der Waals surface area contributed by atoms with Crippen LogP contribution in [0, 0.1) is 12.8 Å². The zero-order valence-corrected chi connectivity index (χ0v) is 15.8. The highest BCUT2D eigenvalue weighted by Gasteiger charge is 2.14. The van der Waals surface area contributed by atoms with E-state index < -0.39 is 0 Å². The molecular formula is C23H26N4. The van der Waals surface area contributed by atoms with Gasteiger partial charge in [0.25, 0.3) is 0 Å². The first kappa shape index (κ1) is 17.7. The van der Waals surface area contributed by atoms with Crippen LogP contribution in [0.15, 0.2) is 60.7 Å². The molecule has 1 aliphatic heterocycles. The van der Waals surface area contributed by atoms with Crippen molar-refractivity contribution < 1.29 is 0 Å². The normalized spacial score (nSPS) is 14.9. The van der Waals surface area contributed by atoms with E-state index in [0.717, 1.165) is 48.1 Å². The Morgan fingerprint density at radius 1 is 0.926 bits per heavy atom. The van der Waals surface area contributed by atoms with Gasteiger partial charge in [-0.15, -0.1) is 0 Å². The highest BCUT2D eigenvalue weighted by atomic mass is 15.0. The minimum absolute atomic E-state index is 0.698. The summed E-state index contributed by atoms with van der Waals surface area (Å²) >= 11 is 0. The fourth-order valence-corrected chi connectivity index (χ4v) is 3.46. The zero-order chi connectivity index (χ0) is 18.5. The summed E-state index contributed by atoms with van der Waals surface area (Å²) < 4.78 is 0. The lowest BCUT2D eigenvalue weighted by Gasteiger charge is -2.23. The average Bonchev–Trinajstić information content (AvgIpc) is 2.74. The van der Waals surface area contributed by atoms with Crippen LogP contribution in [0.2, 0.25) is 0 Å². The quantitative estimate of drug-likeness (QED) is 0.703. The van der Waals surface area contributed by atoms with Crippen LogP contribution in [0.1, 0.15) is 18.4 Å². The van der Waals surface area contributed by atoms with Gasteiger partial charge in [-0.2, -0.15) is 0 Å². The van der Waals surface area contributed by atoms with Crippen molar-refractivity contribution >= 4 is 5.82 Å². The Morgan fingerprint density at radius 2 is 1.67 bits per heavy atom. The summed E-state index contributed by atoms with van der Waals surface area (Å²) in [4.78, 5) is 9.64. The van der Waals surface area contributed by atoms with E-state index in [2.05, 4.69) is 60.0 Å². The highest BCUT2D eigenvalue weighted by molar-refractivity contribution is 5.67. The van der Waals surface area contributed by atoms with E-state index in [1.807, 2.05) is 18.2 Å². The molecule has 0 bridgehead atoms. The van der Waals surface area contributed by atoms with Gasteiger partial charge in [-0.05, 0) is 38.8 Å². The van der Waals surface area contributed by atoms with Crippen molar-refractivity contribution in [2.75, 3.05) is 25.0 Å². The Morgan fingerprint density at radius 3 is 2.41 bits per heavy atom. The summed E-state index contributed by atoms with van der Waals surface area (Å²) in [5.41, 5.74) is 4.35. The second-order valence-electron chi connectivity index (χ2n) is 7.27. The van der Waals surface area contributed by atoms with Crippen molar-refractivity contribution in [2.45, 2.75) is 19.8 Å². The summed E-state index contributed by atoms with van der Waals surface area (Å²) in [6.07, 6.45) is 2.43. The predicted octanol–water partition coefficient (Wildman–Crippen LogP) is 4.53. The molecule has 1 fully saturated rings. The maximum Gasteiger partial charge on any atom is 0.162 e. The van der Waals surface area contributed by atoms with Crippen LogP contribution in [0.25, 0.3) is 22.6 Å². The van der Waals surface area contributed by atoms with Crippen LogP contribution >= 0.6 is 0 Å². The molecule has 3 aromatic rings. The fraction of sp³-hybridized carbons (Fsp3) is 0.304. The van der Waals surface area contributed by atoms with E-state index >= 15 is 0 Å². The molecule has 0 radical (unpaired) electrons. The Hall–Kier alpha value is -2.72. The molecule has 2 aromatic carbocycles. The minimum Gasteiger partial charge on any atom is -0.370 e. The van der Waals surface area contributed by atoms with E-state index in [-0.39, 0.29) is 0 Å². The van der Waals surface area contributed by atoms with Gasteiger partial charge in [0.05, 0.1) is 5.69 Å². The minimum atomic E-state index is 0.698. The SMILES string of the molecule is Cc1ccc(-c2nc(NCC3CCNCC3)cc(-c3ccccc3)n2)cc1. The van der Waals surface area contributed by atoms with Crippen LogP contribution in [0.5, 0.6) is 0 Å². The maximum absolute atomic E-state index is 4.84. The third-order valence-corrected chi connectivity index (χ3v) is 5.14. The molecule has 2 heterocycles. The lowest BCUT2D eigenvalue weighted by molar-refractivity contribution is 0.389. The lowest BCUT2D eigenvalue weighted by Crippen LogP contribution is -2.31. The molecule has 0 saturated carbocycles. The second kappa shape index (κ2) is 8.31. The third kappa shape index (κ3) is 4.52. The largest absolute Gasteiger partial charge is 0.370 e. The van der Waals surface area contributed by atoms with Crippen molar-refractivity contribution in [2.24, 2.45) is 5.92 Å². The molecule has 1 aromatic heterocycles. The zero-order valence-electron chi connectivity index (χ0n) is 15.8. The number of aryl methyl sites for hydroxylation is 1. The average molecular weight is 358 g/mol. The first-order chi connectivity index (χ1) is 13.3. The second-order valence-corrected chi connectivity index (χ2v) is 7.27. The molecule has 4 nitrogen and oxygen atoms in total. The van der Waals surface area contributed by atoms with E-state index in [1.165, 1.54) is 18.4 Å². The van der Waals surface area contributed by atoms with Crippen LogP contribution < -0.4 is 10.6 Å². The topological polar surface area (TPSA) is 49.8 Å². The molecule has 0 amide bonds. The Bertz CT molecular complexity index is 869. The van der Waals surface area contributed by atoms with Crippen molar-refractivity contribution in [3.63, 3.8) is 0 Å². The number of benzene rings is 2. The lowest BCUT2D eigenvalue weighted by atomic mass is 9.98. The van der Waals surface area contributed by atoms with Gasteiger partial charge in [-0.25, -0.2) is 9.97 Å². The molecule has 138 valence electrons. The smallest absolute Gasteiger partial charge is 0.162 e. The molecule has 2 N–H and O–H groups in total. The first-order valence-electron chi connectivity index (χ1n) is 9.74. The van der Waals surface area contributed by atoms with Gasteiger partial charge in [-0.1, -0.05) is 60.2 Å². The van der Waals surface area contributed by atoms with Crippen LogP contribution in [-0.4, -0.2) is 29.6 Å². The molecule has 1 aliphatic rings. The standard InChI is InChI=1S/C23H26N4/c1-17-7-9-20(10-8-17)23-26-21(19-5-3-2-4-6-19)15-22(27-23)25-16-18-11-13-24-14-12-18/h2-10,15,18,24H,11-14,16H2,1H3,(H,25,26,27). The molecular weight excluding hydrogens is 332 g/mol. The Labute approximate surface area is 161 Å². The molecule has 4 rings (SSSR count). The summed E-state index contributed by atoms with van der Waals surface area (Å²) in [6.45, 7) is 5.28. The third-order valence-electron chi connectivity index (χ3n) is 5.14. The van der Waals surface area contributed by atoms with Crippen molar-refractivity contribution in [1.29, 1.82) is 0 Å². The van der Waals surface area contributed by atoms with E-state index in [0.29, 0.717) is 5.92 Å². The number of nitrogens with zero attached hydrogens (tertiary/aromatic N) is 2. The van der Waals surface area contributed by atoms with E-state index in [1.54, 1.807) is 0 Å². The summed E-state index contributed by atoms with van der Waals surface area (Å²) in [6, 6.07) is 20.8. The maximum atomic E-state index is 4.84. The van der Waals surface area contributed by atoms with Gasteiger partial charge in [0.2, 0.25) is 0 Å². The van der Waals surface area contributed by atoms with Crippen molar-refractivity contribution in [3.05, 3.63) is 66.2 Å². The number of anilines is 1. The summed E-state index contributed by atoms with van der Waals surface area (Å²) in [5.74, 6) is 2.37. The Kier molecular flexibility index (Phi) is 5.45. The molecule has 1 saturated heterocycles. The van der Waals surface area contributed by atoms with Gasteiger partial charge in [0.15, 0.2) is 5.82 Å². The number of aromatic nitrogens is 2. The number of hydrogen-bond acceptors (Lipinski definition) is 4. The van der Waals surface area contributed by atoms with Gasteiger partial charge in [0, 0.05) is 23.7 Å². The van der Waals surface area contributed by atoms with Crippen LogP contribution in [0.3, 0.4) is 0 Å². The van der Waals surface area contributed by atoms with Gasteiger partial charge in [-0.3, -0.25) is 0 Å². The molecule has 0 aliphatic carbocycles. The van der Waals surface area contributed by atoms with Crippen LogP contribution in [-0.2, 0) is 0 Å².